The van der Waals surface area contributed by atoms with E-state index >= 15 is 0 Å². The average molecular weight is 498 g/mol. The van der Waals surface area contributed by atoms with Gasteiger partial charge in [-0.25, -0.2) is 9.59 Å². The van der Waals surface area contributed by atoms with E-state index in [9.17, 15) is 19.2 Å². The minimum absolute atomic E-state index is 0.00172. The largest absolute Gasteiger partial charge is 0.493 e. The van der Waals surface area contributed by atoms with Crippen molar-refractivity contribution >= 4 is 29.5 Å². The molecule has 4 amide bonds. The van der Waals surface area contributed by atoms with Crippen molar-refractivity contribution in [1.82, 2.24) is 10.6 Å². The minimum Gasteiger partial charge on any atom is -0.493 e. The molecular weight excluding hydrogens is 466 g/mol. The van der Waals surface area contributed by atoms with E-state index in [4.69, 9.17) is 14.2 Å². The van der Waals surface area contributed by atoms with Gasteiger partial charge in [0.15, 0.2) is 18.1 Å². The van der Waals surface area contributed by atoms with Crippen LogP contribution < -0.4 is 25.4 Å². The van der Waals surface area contributed by atoms with Crippen molar-refractivity contribution in [2.24, 2.45) is 5.92 Å². The first-order chi connectivity index (χ1) is 17.4. The van der Waals surface area contributed by atoms with Gasteiger partial charge in [-0.1, -0.05) is 49.6 Å². The maximum atomic E-state index is 12.8. The fourth-order valence-corrected chi connectivity index (χ4v) is 3.94. The Labute approximate surface area is 209 Å². The number of carbonyl (C=O) groups excluding carboxylic acids is 4. The number of esters is 1. The lowest BCUT2D eigenvalue weighted by Gasteiger charge is -2.22. The Morgan fingerprint density at radius 1 is 0.917 bits per heavy atom. The fraction of sp³-hybridized carbons (Fsp3) is 0.385. The second-order valence-electron chi connectivity index (χ2n) is 8.37. The van der Waals surface area contributed by atoms with Gasteiger partial charge in [-0.05, 0) is 18.4 Å². The molecule has 2 aromatic carbocycles. The number of benzene rings is 2. The Bertz CT molecular complexity index is 1080. The molecule has 192 valence electrons. The topological polar surface area (TPSA) is 132 Å². The molecule has 36 heavy (non-hydrogen) atoms. The van der Waals surface area contributed by atoms with Crippen LogP contribution in [-0.4, -0.2) is 44.6 Å². The molecule has 10 heteroatoms. The molecule has 1 saturated carbocycles. The number of carbonyl (C=O) groups is 4. The predicted octanol–water partition coefficient (Wildman–Crippen LogP) is 3.41. The van der Waals surface area contributed by atoms with Crippen LogP contribution in [0.5, 0.6) is 11.5 Å². The molecule has 3 rings (SSSR count). The van der Waals surface area contributed by atoms with E-state index in [2.05, 4.69) is 16.0 Å². The van der Waals surface area contributed by atoms with Gasteiger partial charge in [0.25, 0.3) is 5.91 Å². The zero-order chi connectivity index (χ0) is 25.9. The molecule has 0 heterocycles. The van der Waals surface area contributed by atoms with Crippen LogP contribution in [0.2, 0.25) is 0 Å². The number of ether oxygens (including phenoxy) is 3. The van der Waals surface area contributed by atoms with Crippen molar-refractivity contribution in [2.45, 2.75) is 38.6 Å². The highest BCUT2D eigenvalue weighted by Gasteiger charge is 2.25. The van der Waals surface area contributed by atoms with Gasteiger partial charge in [0.05, 0.1) is 25.5 Å². The maximum Gasteiger partial charge on any atom is 0.340 e. The first-order valence-corrected chi connectivity index (χ1v) is 11.8. The average Bonchev–Trinajstić information content (AvgIpc) is 2.91. The van der Waals surface area contributed by atoms with E-state index in [1.54, 1.807) is 0 Å². The van der Waals surface area contributed by atoms with Gasteiger partial charge in [0.1, 0.15) is 0 Å². The zero-order valence-electron chi connectivity index (χ0n) is 20.4. The van der Waals surface area contributed by atoms with Gasteiger partial charge < -0.3 is 24.8 Å². The van der Waals surface area contributed by atoms with E-state index in [-0.39, 0.29) is 35.4 Å². The Balaban J connectivity index is 1.62. The molecule has 0 aromatic heterocycles. The lowest BCUT2D eigenvalue weighted by Crippen LogP contribution is -2.41. The number of anilines is 1. The maximum absolute atomic E-state index is 12.8. The number of urea groups is 1. The van der Waals surface area contributed by atoms with Crippen LogP contribution in [0.25, 0.3) is 0 Å². The van der Waals surface area contributed by atoms with Crippen LogP contribution in [0.4, 0.5) is 10.5 Å². The second-order valence-corrected chi connectivity index (χ2v) is 8.37. The normalized spacial score (nSPS) is 13.3. The Hall–Kier alpha value is -4.08. The van der Waals surface area contributed by atoms with Crippen molar-refractivity contribution in [3.05, 3.63) is 53.6 Å². The highest BCUT2D eigenvalue weighted by atomic mass is 16.5. The molecule has 0 unspecified atom stereocenters. The quantitative estimate of drug-likeness (QED) is 0.452. The van der Waals surface area contributed by atoms with Crippen molar-refractivity contribution in [1.29, 1.82) is 0 Å². The number of methoxy groups -OCH3 is 2. The van der Waals surface area contributed by atoms with Gasteiger partial charge in [-0.3, -0.25) is 14.9 Å². The molecule has 0 bridgehead atoms. The molecule has 3 N–H and O–H groups in total. The Kier molecular flexibility index (Phi) is 9.67. The molecule has 1 fully saturated rings. The van der Waals surface area contributed by atoms with Crippen molar-refractivity contribution < 1.29 is 33.4 Å². The van der Waals surface area contributed by atoms with Crippen LogP contribution in [0, 0.1) is 5.92 Å². The first-order valence-electron chi connectivity index (χ1n) is 11.8. The summed E-state index contributed by atoms with van der Waals surface area (Å²) in [5.74, 6) is -1.43. The summed E-state index contributed by atoms with van der Waals surface area (Å²) in [5.41, 5.74) is 1.05. The molecule has 0 radical (unpaired) electrons. The highest BCUT2D eigenvalue weighted by molar-refractivity contribution is 6.03. The minimum atomic E-state index is -0.866. The van der Waals surface area contributed by atoms with Gasteiger partial charge in [0.2, 0.25) is 5.91 Å². The Morgan fingerprint density at radius 2 is 1.58 bits per heavy atom. The highest BCUT2D eigenvalue weighted by Crippen LogP contribution is 2.34. The summed E-state index contributed by atoms with van der Waals surface area (Å²) in [5, 5.41) is 7.46. The first kappa shape index (κ1) is 26.5. The number of amides is 4. The SMILES string of the molecule is COc1cc(NC(=O)C2CCCCC2)c(C(=O)OCC(=O)NC(=O)NCc2ccccc2)cc1OC. The molecule has 0 saturated heterocycles. The molecule has 2 aromatic rings. The number of hydrogen-bond acceptors (Lipinski definition) is 7. The van der Waals surface area contributed by atoms with Crippen LogP contribution in [-0.2, 0) is 20.9 Å². The van der Waals surface area contributed by atoms with Gasteiger partial charge >= 0.3 is 12.0 Å². The lowest BCUT2D eigenvalue weighted by atomic mass is 9.88. The molecule has 10 nitrogen and oxygen atoms in total. The number of imide groups is 1. The van der Waals surface area contributed by atoms with E-state index < -0.39 is 24.5 Å². The molecule has 0 atom stereocenters. The summed E-state index contributed by atoms with van der Waals surface area (Å²) in [4.78, 5) is 49.7. The number of hydrogen-bond donors (Lipinski definition) is 3. The second kappa shape index (κ2) is 13.1. The van der Waals surface area contributed by atoms with Crippen LogP contribution >= 0.6 is 0 Å². The van der Waals surface area contributed by atoms with Crippen LogP contribution in [0.3, 0.4) is 0 Å². The van der Waals surface area contributed by atoms with Gasteiger partial charge in [-0.2, -0.15) is 0 Å². The third-order valence-electron chi connectivity index (χ3n) is 5.86. The number of nitrogens with one attached hydrogen (secondary N) is 3. The summed E-state index contributed by atoms with van der Waals surface area (Å²) in [6.07, 6.45) is 4.63. The molecular formula is C26H31N3O7. The van der Waals surface area contributed by atoms with Crippen LogP contribution in [0.1, 0.15) is 48.0 Å². The zero-order valence-corrected chi connectivity index (χ0v) is 20.4. The van der Waals surface area contributed by atoms with Crippen molar-refractivity contribution in [3.8, 4) is 11.5 Å². The monoisotopic (exact) mass is 497 g/mol. The third-order valence-corrected chi connectivity index (χ3v) is 5.86. The van der Waals surface area contributed by atoms with Gasteiger partial charge in [0, 0.05) is 24.6 Å². The fourth-order valence-electron chi connectivity index (χ4n) is 3.94. The lowest BCUT2D eigenvalue weighted by molar-refractivity contribution is -0.123. The predicted molar refractivity (Wildman–Crippen MR) is 132 cm³/mol. The summed E-state index contributed by atoms with van der Waals surface area (Å²) < 4.78 is 15.7. The summed E-state index contributed by atoms with van der Waals surface area (Å²) in [7, 11) is 2.85. The smallest absolute Gasteiger partial charge is 0.340 e. The van der Waals surface area contributed by atoms with Gasteiger partial charge in [-0.15, -0.1) is 0 Å². The van der Waals surface area contributed by atoms with Crippen molar-refractivity contribution in [3.63, 3.8) is 0 Å². The van der Waals surface area contributed by atoms with Crippen LogP contribution in [0.15, 0.2) is 42.5 Å². The van der Waals surface area contributed by atoms with E-state index in [0.717, 1.165) is 37.7 Å². The number of rotatable bonds is 9. The van der Waals surface area contributed by atoms with E-state index in [1.807, 2.05) is 30.3 Å². The van der Waals surface area contributed by atoms with E-state index in [0.29, 0.717) is 5.75 Å². The standard InChI is InChI=1S/C26H31N3O7/c1-34-21-13-19(20(14-22(21)35-2)28-24(31)18-11-7-4-8-12-18)25(32)36-16-23(30)29-26(33)27-15-17-9-5-3-6-10-17/h3,5-6,9-10,13-14,18H,4,7-8,11-12,15-16H2,1-2H3,(H,28,31)(H2,27,29,30,33). The van der Waals surface area contributed by atoms with E-state index in [1.165, 1.54) is 26.4 Å². The molecule has 1 aliphatic rings. The molecule has 0 aliphatic heterocycles. The van der Waals surface area contributed by atoms with Crippen molar-refractivity contribution in [2.75, 3.05) is 26.1 Å². The molecule has 0 spiro atoms. The Morgan fingerprint density at radius 3 is 2.25 bits per heavy atom. The summed E-state index contributed by atoms with van der Waals surface area (Å²) in [6.45, 7) is -0.461. The molecule has 1 aliphatic carbocycles. The summed E-state index contributed by atoms with van der Waals surface area (Å²) >= 11 is 0. The third kappa shape index (κ3) is 7.46. The summed E-state index contributed by atoms with van der Waals surface area (Å²) in [6, 6.07) is 11.3.